The Labute approximate surface area is 274 Å². The molecule has 10 heteroatoms. The number of aliphatic hydroxyl groups is 1. The third kappa shape index (κ3) is 10.2. The molecule has 1 saturated carbocycles. The molecule has 252 valence electrons. The van der Waals surface area contributed by atoms with Gasteiger partial charge in [0.15, 0.2) is 0 Å². The number of likely N-dealkylation sites (N-methyl/N-ethyl adjacent to an activating group) is 1. The van der Waals surface area contributed by atoms with E-state index in [2.05, 4.69) is 29.5 Å². The van der Waals surface area contributed by atoms with Crippen LogP contribution in [-0.4, -0.2) is 78.1 Å². The van der Waals surface area contributed by atoms with Crippen LogP contribution in [0.5, 0.6) is 5.75 Å². The number of fused-ring (bicyclic) bond motifs is 1. The Balaban J connectivity index is 1.33. The Morgan fingerprint density at radius 1 is 1.02 bits per heavy atom. The number of benzene rings is 2. The first kappa shape index (κ1) is 35.2. The molecule has 0 unspecified atom stereocenters. The highest BCUT2D eigenvalue weighted by Gasteiger charge is 2.34. The average Bonchev–Trinajstić information content (AvgIpc) is 3.04. The molecule has 2 aromatic rings. The molecule has 0 spiro atoms. The molecule has 0 aromatic heterocycles. The summed E-state index contributed by atoms with van der Waals surface area (Å²) in [5.74, 6) is 0.791. The van der Waals surface area contributed by atoms with Gasteiger partial charge < -0.3 is 36.0 Å². The largest absolute Gasteiger partial charge is 0.488 e. The second-order valence-corrected chi connectivity index (χ2v) is 13.3. The number of unbranched alkanes of at least 4 members (excludes halogenated alkanes) is 2. The predicted molar refractivity (Wildman–Crippen MR) is 183 cm³/mol. The highest BCUT2D eigenvalue weighted by molar-refractivity contribution is 6.00. The van der Waals surface area contributed by atoms with E-state index in [1.54, 1.807) is 35.2 Å². The summed E-state index contributed by atoms with van der Waals surface area (Å²) in [6.45, 7) is 6.07. The van der Waals surface area contributed by atoms with Crippen molar-refractivity contribution in [3.8, 4) is 5.75 Å². The molecule has 4 rings (SSSR count). The van der Waals surface area contributed by atoms with Crippen molar-refractivity contribution in [2.45, 2.75) is 90.2 Å². The lowest BCUT2D eigenvalue weighted by molar-refractivity contribution is -0.116. The lowest BCUT2D eigenvalue weighted by Gasteiger charge is -2.38. The first-order valence-corrected chi connectivity index (χ1v) is 17.0. The van der Waals surface area contributed by atoms with Crippen molar-refractivity contribution in [3.63, 3.8) is 0 Å². The van der Waals surface area contributed by atoms with Crippen LogP contribution >= 0.6 is 0 Å². The SMILES string of the molecule is C[C@@H]1CN([C@@H](C)CO)C(=O)c2cc(NC(=O)CCCCCC(=O)Nc3ccccc3N)ccc2O[C@@H]1CN(C)CC1CCCCC1. The Kier molecular flexibility index (Phi) is 13.3. The van der Waals surface area contributed by atoms with Crippen LogP contribution in [0.1, 0.15) is 88.4 Å². The fourth-order valence-corrected chi connectivity index (χ4v) is 6.51. The van der Waals surface area contributed by atoms with E-state index >= 15 is 0 Å². The lowest BCUT2D eigenvalue weighted by atomic mass is 9.89. The van der Waals surface area contributed by atoms with Crippen molar-refractivity contribution in [1.29, 1.82) is 0 Å². The van der Waals surface area contributed by atoms with Crippen molar-refractivity contribution in [3.05, 3.63) is 48.0 Å². The Morgan fingerprint density at radius 2 is 1.72 bits per heavy atom. The minimum Gasteiger partial charge on any atom is -0.488 e. The lowest BCUT2D eigenvalue weighted by Crippen LogP contribution is -2.50. The van der Waals surface area contributed by atoms with Gasteiger partial charge >= 0.3 is 0 Å². The molecule has 1 aliphatic carbocycles. The third-order valence-electron chi connectivity index (χ3n) is 9.28. The van der Waals surface area contributed by atoms with Crippen molar-refractivity contribution in [2.24, 2.45) is 11.8 Å². The van der Waals surface area contributed by atoms with Gasteiger partial charge in [-0.1, -0.05) is 44.7 Å². The molecule has 0 bridgehead atoms. The average molecular weight is 636 g/mol. The molecule has 3 amide bonds. The van der Waals surface area contributed by atoms with E-state index in [1.165, 1.54) is 32.1 Å². The monoisotopic (exact) mass is 635 g/mol. The Bertz CT molecular complexity index is 1310. The number of carbonyl (C=O) groups excluding carboxylic acids is 3. The van der Waals surface area contributed by atoms with Crippen LogP contribution in [0.2, 0.25) is 0 Å². The maximum atomic E-state index is 13.8. The molecule has 2 aliphatic rings. The van der Waals surface area contributed by atoms with Crippen LogP contribution in [0.25, 0.3) is 0 Å². The van der Waals surface area contributed by atoms with Gasteiger partial charge in [-0.3, -0.25) is 14.4 Å². The molecule has 5 N–H and O–H groups in total. The zero-order chi connectivity index (χ0) is 33.1. The van der Waals surface area contributed by atoms with Gasteiger partial charge in [0.1, 0.15) is 11.9 Å². The molecule has 1 heterocycles. The molecule has 46 heavy (non-hydrogen) atoms. The number of para-hydroxylation sites is 2. The predicted octanol–water partition coefficient (Wildman–Crippen LogP) is 5.53. The molecular weight excluding hydrogens is 582 g/mol. The summed E-state index contributed by atoms with van der Waals surface area (Å²) in [6, 6.07) is 12.0. The smallest absolute Gasteiger partial charge is 0.258 e. The number of nitrogens with one attached hydrogen (secondary N) is 2. The van der Waals surface area contributed by atoms with E-state index in [-0.39, 0.29) is 42.4 Å². The molecule has 2 aromatic carbocycles. The number of anilines is 3. The summed E-state index contributed by atoms with van der Waals surface area (Å²) in [6.07, 6.45) is 9.04. The quantitative estimate of drug-likeness (QED) is 0.158. The first-order valence-electron chi connectivity index (χ1n) is 17.0. The van der Waals surface area contributed by atoms with E-state index in [1.807, 2.05) is 19.1 Å². The third-order valence-corrected chi connectivity index (χ3v) is 9.28. The minimum atomic E-state index is -0.355. The molecule has 0 radical (unpaired) electrons. The highest BCUT2D eigenvalue weighted by Crippen LogP contribution is 2.31. The fraction of sp³-hybridized carbons (Fsp3) is 0.583. The van der Waals surface area contributed by atoms with E-state index in [0.717, 1.165) is 19.5 Å². The van der Waals surface area contributed by atoms with Crippen molar-refractivity contribution in [2.75, 3.05) is 49.7 Å². The molecule has 1 fully saturated rings. The van der Waals surface area contributed by atoms with Gasteiger partial charge in [-0.25, -0.2) is 0 Å². The van der Waals surface area contributed by atoms with Crippen LogP contribution in [0, 0.1) is 11.8 Å². The molecule has 1 aliphatic heterocycles. The van der Waals surface area contributed by atoms with Gasteiger partial charge in [0, 0.05) is 44.1 Å². The standard InChI is InChI=1S/C36H53N5O5/c1-25-21-41(26(2)24-42)36(45)29-20-28(18-19-32(29)46-33(25)23-40(3)22-27-12-6-4-7-13-27)38-34(43)16-8-5-9-17-35(44)39-31-15-11-10-14-30(31)37/h10-11,14-15,18-20,25-27,33,42H,4-9,12-13,16-17,21-24,37H2,1-3H3,(H,38,43)(H,39,44)/t25-,26+,33-/m1/s1. The topological polar surface area (TPSA) is 137 Å². The van der Waals surface area contributed by atoms with E-state index in [4.69, 9.17) is 10.5 Å². The van der Waals surface area contributed by atoms with Gasteiger partial charge in [0.05, 0.1) is 29.6 Å². The number of hydrogen-bond acceptors (Lipinski definition) is 7. The number of rotatable bonds is 14. The summed E-state index contributed by atoms with van der Waals surface area (Å²) in [7, 11) is 2.15. The molecule has 3 atom stereocenters. The van der Waals surface area contributed by atoms with Gasteiger partial charge in [-0.05, 0) is 75.9 Å². The summed E-state index contributed by atoms with van der Waals surface area (Å²) in [5, 5.41) is 15.7. The number of ether oxygens (including phenoxy) is 1. The van der Waals surface area contributed by atoms with Crippen LogP contribution < -0.4 is 21.1 Å². The van der Waals surface area contributed by atoms with Gasteiger partial charge in [-0.15, -0.1) is 0 Å². The summed E-state index contributed by atoms with van der Waals surface area (Å²) < 4.78 is 6.55. The van der Waals surface area contributed by atoms with E-state index < -0.39 is 0 Å². The van der Waals surface area contributed by atoms with Crippen molar-refractivity contribution < 1.29 is 24.2 Å². The van der Waals surface area contributed by atoms with Gasteiger partial charge in [0.25, 0.3) is 5.91 Å². The molecular formula is C36H53N5O5. The zero-order valence-electron chi connectivity index (χ0n) is 27.8. The van der Waals surface area contributed by atoms with Crippen LogP contribution in [-0.2, 0) is 9.59 Å². The number of nitrogen functional groups attached to an aromatic ring is 1. The normalized spacial score (nSPS) is 19.5. The van der Waals surface area contributed by atoms with Crippen LogP contribution in [0.4, 0.5) is 17.1 Å². The summed E-state index contributed by atoms with van der Waals surface area (Å²) in [5.41, 5.74) is 7.92. The maximum absolute atomic E-state index is 13.8. The van der Waals surface area contributed by atoms with Gasteiger partial charge in [0.2, 0.25) is 11.8 Å². The van der Waals surface area contributed by atoms with Crippen molar-refractivity contribution >= 4 is 34.8 Å². The van der Waals surface area contributed by atoms with E-state index in [0.29, 0.717) is 66.5 Å². The molecule has 0 saturated heterocycles. The van der Waals surface area contributed by atoms with Crippen LogP contribution in [0.15, 0.2) is 42.5 Å². The summed E-state index contributed by atoms with van der Waals surface area (Å²) in [4.78, 5) is 42.9. The van der Waals surface area contributed by atoms with E-state index in [9.17, 15) is 19.5 Å². The number of carbonyl (C=O) groups is 3. The summed E-state index contributed by atoms with van der Waals surface area (Å²) >= 11 is 0. The second-order valence-electron chi connectivity index (χ2n) is 13.3. The maximum Gasteiger partial charge on any atom is 0.258 e. The number of hydrogen-bond donors (Lipinski definition) is 4. The number of aliphatic hydroxyl groups excluding tert-OH is 1. The Hall–Kier alpha value is -3.63. The van der Waals surface area contributed by atoms with Crippen LogP contribution in [0.3, 0.4) is 0 Å². The fourth-order valence-electron chi connectivity index (χ4n) is 6.51. The second kappa shape index (κ2) is 17.3. The first-order chi connectivity index (χ1) is 22.1. The highest BCUT2D eigenvalue weighted by atomic mass is 16.5. The molecule has 10 nitrogen and oxygen atoms in total. The minimum absolute atomic E-state index is 0.0573. The zero-order valence-corrected chi connectivity index (χ0v) is 27.8. The van der Waals surface area contributed by atoms with Gasteiger partial charge in [-0.2, -0.15) is 0 Å². The Morgan fingerprint density at radius 3 is 2.41 bits per heavy atom. The number of nitrogens with two attached hydrogens (primary N) is 1. The van der Waals surface area contributed by atoms with Crippen molar-refractivity contribution in [1.82, 2.24) is 9.80 Å². The number of amides is 3. The number of nitrogens with zero attached hydrogens (tertiary/aromatic N) is 2.